The molecule has 0 unspecified atom stereocenters. The lowest BCUT2D eigenvalue weighted by Gasteiger charge is -2.29. The van der Waals surface area contributed by atoms with E-state index in [9.17, 15) is 24.0 Å². The molecular formula is C39H50N6O8. The van der Waals surface area contributed by atoms with E-state index < -0.39 is 41.8 Å². The number of carbonyl (C=O) groups is 5. The van der Waals surface area contributed by atoms with Crippen LogP contribution < -0.4 is 20.7 Å². The summed E-state index contributed by atoms with van der Waals surface area (Å²) in [6, 6.07) is 14.0. The zero-order chi connectivity index (χ0) is 38.1. The fraction of sp³-hybridized carbons (Fsp3) is 0.487. The van der Waals surface area contributed by atoms with Gasteiger partial charge in [-0.05, 0) is 42.5 Å². The van der Waals surface area contributed by atoms with E-state index in [1.807, 2.05) is 57.2 Å². The van der Waals surface area contributed by atoms with Gasteiger partial charge in [-0.3, -0.25) is 24.0 Å². The second kappa shape index (κ2) is 18.0. The number of carbonyl (C=O) groups excluding carboxylic acids is 5. The standard InChI is InChI=1S/C39H50N6O8/c1-6-35-40-25(4)36(53-35)39(50)45-20-29-27-13-10-14-28(19-27)52-23-34(47)42-31(17-24(2)3)38(49)44(15-16-51-5)22-33(46)41-30(37(48)43-32(29)21-45)18-26-11-8-7-9-12-26/h7-14,19,24,29-32H,6,15-18,20-23H2,1-5H3,(H,41,46)(H,42,47)(H,43,48)/t29-,30+,31-,32+/m1/s1. The minimum Gasteiger partial charge on any atom is -0.484 e. The molecule has 5 amide bonds. The number of fused-ring (bicyclic) bond motifs is 4. The number of methoxy groups -OCH3 is 1. The Labute approximate surface area is 310 Å². The Kier molecular flexibility index (Phi) is 13.2. The molecule has 1 saturated heterocycles. The summed E-state index contributed by atoms with van der Waals surface area (Å²) in [6.45, 7) is 7.42. The number of rotatable bonds is 9. The number of hydrogen-bond donors (Lipinski definition) is 3. The Morgan fingerprint density at radius 2 is 1.74 bits per heavy atom. The molecule has 2 aromatic carbocycles. The predicted octanol–water partition coefficient (Wildman–Crippen LogP) is 2.40. The van der Waals surface area contributed by atoms with Crippen LogP contribution in [0.15, 0.2) is 59.0 Å². The number of aryl methyl sites for hydroxylation is 2. The van der Waals surface area contributed by atoms with Gasteiger partial charge in [0.05, 0.1) is 24.9 Å². The lowest BCUT2D eigenvalue weighted by Crippen LogP contribution is -2.56. The van der Waals surface area contributed by atoms with Crippen LogP contribution in [0.3, 0.4) is 0 Å². The summed E-state index contributed by atoms with van der Waals surface area (Å²) >= 11 is 0. The van der Waals surface area contributed by atoms with Gasteiger partial charge in [-0.2, -0.15) is 0 Å². The largest absolute Gasteiger partial charge is 0.484 e. The van der Waals surface area contributed by atoms with Crippen LogP contribution in [0.1, 0.15) is 66.4 Å². The molecule has 3 aromatic rings. The third kappa shape index (κ3) is 10.2. The van der Waals surface area contributed by atoms with Crippen molar-refractivity contribution in [2.24, 2.45) is 5.92 Å². The highest BCUT2D eigenvalue weighted by atomic mass is 16.5. The van der Waals surface area contributed by atoms with E-state index in [0.29, 0.717) is 30.2 Å². The van der Waals surface area contributed by atoms with Gasteiger partial charge in [-0.15, -0.1) is 0 Å². The maximum absolute atomic E-state index is 14.3. The number of hydrogen-bond acceptors (Lipinski definition) is 9. The van der Waals surface area contributed by atoms with E-state index in [-0.39, 0.29) is 69.3 Å². The third-order valence-electron chi connectivity index (χ3n) is 9.41. The van der Waals surface area contributed by atoms with Gasteiger partial charge in [0, 0.05) is 45.5 Å². The zero-order valence-corrected chi connectivity index (χ0v) is 31.1. The van der Waals surface area contributed by atoms with Crippen LogP contribution in [0.4, 0.5) is 0 Å². The van der Waals surface area contributed by atoms with Crippen LogP contribution in [-0.4, -0.2) is 109 Å². The van der Waals surface area contributed by atoms with Gasteiger partial charge in [0.25, 0.3) is 11.8 Å². The number of aromatic nitrogens is 1. The molecule has 3 heterocycles. The van der Waals surface area contributed by atoms with Gasteiger partial charge in [0.2, 0.25) is 23.5 Å². The van der Waals surface area contributed by atoms with Crippen molar-refractivity contribution in [1.82, 2.24) is 30.7 Å². The average molecular weight is 731 g/mol. The Morgan fingerprint density at radius 3 is 2.43 bits per heavy atom. The van der Waals surface area contributed by atoms with E-state index in [1.54, 1.807) is 30.0 Å². The smallest absolute Gasteiger partial charge is 0.291 e. The highest BCUT2D eigenvalue weighted by Gasteiger charge is 2.40. The monoisotopic (exact) mass is 730 g/mol. The number of amides is 5. The van der Waals surface area contributed by atoms with Crippen molar-refractivity contribution in [3.8, 4) is 5.75 Å². The quantitative estimate of drug-likeness (QED) is 0.299. The molecule has 53 heavy (non-hydrogen) atoms. The molecule has 0 saturated carbocycles. The highest BCUT2D eigenvalue weighted by Crippen LogP contribution is 2.32. The van der Waals surface area contributed by atoms with Crippen LogP contribution in [0.5, 0.6) is 5.75 Å². The maximum atomic E-state index is 14.3. The van der Waals surface area contributed by atoms with Crippen molar-refractivity contribution in [2.75, 3.05) is 46.5 Å². The van der Waals surface area contributed by atoms with Gasteiger partial charge < -0.3 is 39.6 Å². The molecule has 2 aliphatic heterocycles. The molecule has 284 valence electrons. The molecule has 0 spiro atoms. The van der Waals surface area contributed by atoms with E-state index in [0.717, 1.165) is 11.1 Å². The number of ether oxygens (including phenoxy) is 2. The van der Waals surface area contributed by atoms with Crippen LogP contribution >= 0.6 is 0 Å². The molecule has 5 rings (SSSR count). The molecule has 2 aliphatic rings. The van der Waals surface area contributed by atoms with Crippen LogP contribution in [-0.2, 0) is 36.8 Å². The topological polar surface area (TPSA) is 172 Å². The van der Waals surface area contributed by atoms with Gasteiger partial charge in [-0.25, -0.2) is 4.98 Å². The first kappa shape index (κ1) is 39.0. The lowest BCUT2D eigenvalue weighted by molar-refractivity contribution is -0.141. The second-order valence-electron chi connectivity index (χ2n) is 14.0. The van der Waals surface area contributed by atoms with Crippen molar-refractivity contribution < 1.29 is 37.9 Å². The molecular weight excluding hydrogens is 680 g/mol. The molecule has 14 heteroatoms. The Bertz CT molecular complexity index is 1760. The normalized spacial score (nSPS) is 21.6. The number of benzene rings is 2. The SMILES string of the molecule is CCc1nc(C)c(C(=O)N2C[C@@H]3NC(=O)[C@H](Cc4ccccc4)NC(=O)CN(CCOC)C(=O)[C@@H](CC(C)C)NC(=O)COc4cccc(c4)[C@H]3C2)o1. The fourth-order valence-electron chi connectivity index (χ4n) is 6.76. The first-order chi connectivity index (χ1) is 25.4. The Balaban J connectivity index is 1.51. The third-order valence-corrected chi connectivity index (χ3v) is 9.41. The van der Waals surface area contributed by atoms with Crippen LogP contribution in [0, 0.1) is 12.8 Å². The minimum absolute atomic E-state index is 0.0456. The summed E-state index contributed by atoms with van der Waals surface area (Å²) in [5.74, 6) is -1.58. The van der Waals surface area contributed by atoms with Gasteiger partial charge in [0.1, 0.15) is 17.8 Å². The maximum Gasteiger partial charge on any atom is 0.291 e. The summed E-state index contributed by atoms with van der Waals surface area (Å²) in [6.07, 6.45) is 1.04. The number of nitrogens with zero attached hydrogens (tertiary/aromatic N) is 3. The van der Waals surface area contributed by atoms with Crippen molar-refractivity contribution in [3.05, 3.63) is 83.1 Å². The fourth-order valence-corrected chi connectivity index (χ4v) is 6.76. The molecule has 3 N–H and O–H groups in total. The molecule has 1 fully saturated rings. The number of oxazole rings is 1. The van der Waals surface area contributed by atoms with E-state index in [4.69, 9.17) is 13.9 Å². The molecule has 1 aromatic heterocycles. The van der Waals surface area contributed by atoms with Gasteiger partial charge in [-0.1, -0.05) is 63.2 Å². The predicted molar refractivity (Wildman–Crippen MR) is 195 cm³/mol. The summed E-state index contributed by atoms with van der Waals surface area (Å²) < 4.78 is 17.0. The Morgan fingerprint density at radius 1 is 0.981 bits per heavy atom. The highest BCUT2D eigenvalue weighted by molar-refractivity contribution is 5.94. The van der Waals surface area contributed by atoms with Crippen LogP contribution in [0.25, 0.3) is 0 Å². The number of nitrogens with one attached hydrogen (secondary N) is 3. The van der Waals surface area contributed by atoms with Crippen LogP contribution in [0.2, 0.25) is 0 Å². The molecule has 4 atom stereocenters. The summed E-state index contributed by atoms with van der Waals surface area (Å²) in [5.41, 5.74) is 2.08. The van der Waals surface area contributed by atoms with Crippen molar-refractivity contribution in [2.45, 2.75) is 71.0 Å². The van der Waals surface area contributed by atoms with Crippen molar-refractivity contribution in [3.63, 3.8) is 0 Å². The van der Waals surface area contributed by atoms with Gasteiger partial charge >= 0.3 is 0 Å². The molecule has 0 radical (unpaired) electrons. The summed E-state index contributed by atoms with van der Waals surface area (Å²) in [5, 5.41) is 8.83. The Hall–Kier alpha value is -5.24. The van der Waals surface area contributed by atoms with Crippen molar-refractivity contribution >= 4 is 29.5 Å². The van der Waals surface area contributed by atoms with E-state index in [1.165, 1.54) is 12.0 Å². The van der Waals surface area contributed by atoms with Crippen molar-refractivity contribution in [1.29, 1.82) is 0 Å². The summed E-state index contributed by atoms with van der Waals surface area (Å²) in [4.78, 5) is 76.3. The lowest BCUT2D eigenvalue weighted by atomic mass is 9.93. The summed E-state index contributed by atoms with van der Waals surface area (Å²) in [7, 11) is 1.49. The first-order valence-electron chi connectivity index (χ1n) is 18.1. The molecule has 2 bridgehead atoms. The minimum atomic E-state index is -1.02. The zero-order valence-electron chi connectivity index (χ0n) is 31.1. The van der Waals surface area contributed by atoms with E-state index >= 15 is 0 Å². The second-order valence-corrected chi connectivity index (χ2v) is 14.0. The van der Waals surface area contributed by atoms with E-state index in [2.05, 4.69) is 20.9 Å². The average Bonchev–Trinajstić information content (AvgIpc) is 3.74. The molecule has 14 nitrogen and oxygen atoms in total. The van der Waals surface area contributed by atoms with Gasteiger partial charge in [0.15, 0.2) is 12.5 Å². The molecule has 0 aliphatic carbocycles. The number of likely N-dealkylation sites (tertiary alicyclic amines) is 1. The first-order valence-corrected chi connectivity index (χ1v) is 18.1.